The lowest BCUT2D eigenvalue weighted by Crippen LogP contribution is -2.74. The van der Waals surface area contributed by atoms with Crippen LogP contribution in [0.1, 0.15) is 16.8 Å². The van der Waals surface area contributed by atoms with Crippen molar-refractivity contribution in [1.29, 1.82) is 0 Å². The molecule has 0 amide bonds. The number of alkyl halides is 17. The number of benzene rings is 1. The molecule has 0 unspecified atom stereocenters. The Morgan fingerprint density at radius 3 is 1.37 bits per heavy atom. The first-order chi connectivity index (χ1) is 16.7. The van der Waals surface area contributed by atoms with Gasteiger partial charge in [-0.05, 0) is 24.3 Å². The van der Waals surface area contributed by atoms with Crippen LogP contribution in [0, 0.1) is 0 Å². The Kier molecular flexibility index (Phi) is 9.01. The van der Waals surface area contributed by atoms with E-state index in [0.29, 0.717) is 0 Å². The van der Waals surface area contributed by atoms with E-state index in [9.17, 15) is 79.4 Å². The fraction of sp³-hybridized carbons (Fsp3) is 0.611. The van der Waals surface area contributed by atoms with Crippen LogP contribution in [0.15, 0.2) is 24.3 Å². The third kappa shape index (κ3) is 5.20. The lowest BCUT2D eigenvalue weighted by atomic mass is 9.88. The van der Waals surface area contributed by atoms with Crippen molar-refractivity contribution < 1.29 is 84.2 Å². The fourth-order valence-corrected chi connectivity index (χ4v) is 3.28. The van der Waals surface area contributed by atoms with Crippen molar-refractivity contribution in [3.05, 3.63) is 29.8 Å². The maximum Gasteiger partial charge on any atom is 0.460 e. The van der Waals surface area contributed by atoms with Crippen molar-refractivity contribution in [3.8, 4) is 5.75 Å². The zero-order valence-corrected chi connectivity index (χ0v) is 18.7. The van der Waals surface area contributed by atoms with Gasteiger partial charge in [-0.2, -0.15) is 74.6 Å². The van der Waals surface area contributed by atoms with E-state index in [4.69, 9.17) is 4.74 Å². The van der Waals surface area contributed by atoms with Crippen molar-refractivity contribution in [2.24, 2.45) is 0 Å². The number of hydrogen-bond donors (Lipinski definition) is 0. The van der Waals surface area contributed by atoms with Gasteiger partial charge in [0.2, 0.25) is 5.12 Å². The molecule has 0 aliphatic heterocycles. The van der Waals surface area contributed by atoms with Gasteiger partial charge in [0, 0.05) is 17.7 Å². The summed E-state index contributed by atoms with van der Waals surface area (Å²) in [4.78, 5) is 11.8. The van der Waals surface area contributed by atoms with E-state index in [-0.39, 0.29) is 23.1 Å². The number of methoxy groups -OCH3 is 1. The van der Waals surface area contributed by atoms with Gasteiger partial charge < -0.3 is 4.74 Å². The third-order valence-electron chi connectivity index (χ3n) is 4.76. The second-order valence-corrected chi connectivity index (χ2v) is 8.33. The van der Waals surface area contributed by atoms with Gasteiger partial charge in [-0.25, -0.2) is 0 Å². The summed E-state index contributed by atoms with van der Waals surface area (Å²) in [6.45, 7) is 0. The normalized spacial score (nSPS) is 15.0. The van der Waals surface area contributed by atoms with Crippen LogP contribution in [0.3, 0.4) is 0 Å². The first kappa shape index (κ1) is 33.9. The van der Waals surface area contributed by atoms with Crippen LogP contribution in [0.4, 0.5) is 74.6 Å². The van der Waals surface area contributed by atoms with Gasteiger partial charge in [-0.15, -0.1) is 0 Å². The predicted molar refractivity (Wildman–Crippen MR) is 95.1 cm³/mol. The number of ether oxygens (including phenoxy) is 1. The predicted octanol–water partition coefficient (Wildman–Crippen LogP) is 7.97. The standard InChI is InChI=1S/C18H11F17O2S/c1-37-9-4-2-8(3-5-9)10(36)38-7-6-11(19,20)12(21,22)13(23,24)14(25,26)15(27,28)16(29,30)17(31,32)18(33,34)35/h2-5H,6-7H2,1H3. The van der Waals surface area contributed by atoms with E-state index in [1.807, 2.05) is 0 Å². The molecule has 0 saturated carbocycles. The highest BCUT2D eigenvalue weighted by Crippen LogP contribution is 2.64. The summed E-state index contributed by atoms with van der Waals surface area (Å²) in [6, 6.07) is 4.32. The van der Waals surface area contributed by atoms with Crippen LogP contribution >= 0.6 is 11.8 Å². The maximum absolute atomic E-state index is 13.8. The molecule has 1 rings (SSSR count). The maximum atomic E-state index is 13.8. The molecular weight excluding hydrogens is 603 g/mol. The Bertz CT molecular complexity index is 986. The molecule has 20 heteroatoms. The molecule has 0 aliphatic rings. The quantitative estimate of drug-likeness (QED) is 0.237. The highest BCUT2D eigenvalue weighted by atomic mass is 32.2. The summed E-state index contributed by atoms with van der Waals surface area (Å²) < 4.78 is 229. The van der Waals surface area contributed by atoms with E-state index in [1.165, 1.54) is 7.11 Å². The van der Waals surface area contributed by atoms with Gasteiger partial charge in [0.05, 0.1) is 7.11 Å². The largest absolute Gasteiger partial charge is 0.497 e. The number of rotatable bonds is 11. The van der Waals surface area contributed by atoms with Gasteiger partial charge in [-0.1, -0.05) is 11.8 Å². The highest BCUT2D eigenvalue weighted by Gasteiger charge is 2.95. The Morgan fingerprint density at radius 1 is 0.632 bits per heavy atom. The van der Waals surface area contributed by atoms with Crippen molar-refractivity contribution in [2.75, 3.05) is 12.9 Å². The van der Waals surface area contributed by atoms with Crippen molar-refractivity contribution in [3.63, 3.8) is 0 Å². The highest BCUT2D eigenvalue weighted by molar-refractivity contribution is 8.14. The lowest BCUT2D eigenvalue weighted by molar-refractivity contribution is -0.461. The zero-order valence-electron chi connectivity index (χ0n) is 17.9. The molecule has 0 aliphatic carbocycles. The average molecular weight is 614 g/mol. The Morgan fingerprint density at radius 2 is 1.00 bits per heavy atom. The molecule has 38 heavy (non-hydrogen) atoms. The van der Waals surface area contributed by atoms with E-state index >= 15 is 0 Å². The minimum Gasteiger partial charge on any atom is -0.497 e. The topological polar surface area (TPSA) is 26.3 Å². The number of carbonyl (C=O) groups is 1. The van der Waals surface area contributed by atoms with E-state index < -0.39 is 64.9 Å². The molecule has 220 valence electrons. The van der Waals surface area contributed by atoms with Gasteiger partial charge >= 0.3 is 47.6 Å². The number of thioether (sulfide) groups is 1. The van der Waals surface area contributed by atoms with Gasteiger partial charge in [0.15, 0.2) is 0 Å². The molecule has 0 heterocycles. The summed E-state index contributed by atoms with van der Waals surface area (Å²) >= 11 is -0.298. The summed E-state index contributed by atoms with van der Waals surface area (Å²) in [5, 5.41) is -1.19. The second-order valence-electron chi connectivity index (χ2n) is 7.26. The first-order valence-electron chi connectivity index (χ1n) is 9.20. The van der Waals surface area contributed by atoms with Gasteiger partial charge in [0.25, 0.3) is 0 Å². The summed E-state index contributed by atoms with van der Waals surface area (Å²) in [6.07, 6.45) is -10.5. The van der Waals surface area contributed by atoms with Crippen molar-refractivity contribution >= 4 is 16.9 Å². The van der Waals surface area contributed by atoms with Crippen LogP contribution < -0.4 is 4.74 Å². The number of halogens is 17. The Hall–Kier alpha value is -2.15. The summed E-state index contributed by atoms with van der Waals surface area (Å²) in [5.41, 5.74) is -0.310. The van der Waals surface area contributed by atoms with Gasteiger partial charge in [0.1, 0.15) is 5.75 Å². The zero-order chi connectivity index (χ0) is 30.4. The van der Waals surface area contributed by atoms with E-state index in [1.54, 1.807) is 0 Å². The van der Waals surface area contributed by atoms with Crippen LogP contribution in [0.25, 0.3) is 0 Å². The molecule has 0 bridgehead atoms. The monoisotopic (exact) mass is 614 g/mol. The molecule has 1 aromatic rings. The molecule has 0 fully saturated rings. The van der Waals surface area contributed by atoms with Crippen LogP contribution in [-0.2, 0) is 0 Å². The molecule has 0 spiro atoms. The van der Waals surface area contributed by atoms with Gasteiger partial charge in [-0.3, -0.25) is 4.79 Å². The van der Waals surface area contributed by atoms with Crippen LogP contribution in [-0.4, -0.2) is 65.6 Å². The number of hydrogen-bond acceptors (Lipinski definition) is 3. The smallest absolute Gasteiger partial charge is 0.460 e. The van der Waals surface area contributed by atoms with Crippen molar-refractivity contribution in [1.82, 2.24) is 0 Å². The minimum absolute atomic E-state index is 0.177. The first-order valence-corrected chi connectivity index (χ1v) is 10.2. The van der Waals surface area contributed by atoms with E-state index in [0.717, 1.165) is 24.3 Å². The SMILES string of the molecule is COc1ccc(C(=O)SCCC(F)(F)C(F)(F)C(F)(F)C(F)(F)C(F)(F)C(F)(F)C(F)(F)C(F)(F)F)cc1. The molecule has 1 aromatic carbocycles. The number of carbonyl (C=O) groups excluding carboxylic acids is 1. The molecule has 0 saturated heterocycles. The summed E-state index contributed by atoms with van der Waals surface area (Å²) in [5.74, 6) is -58.1. The second kappa shape index (κ2) is 10.1. The molecule has 0 N–H and O–H groups in total. The van der Waals surface area contributed by atoms with Crippen molar-refractivity contribution in [2.45, 2.75) is 54.1 Å². The van der Waals surface area contributed by atoms with Crippen LogP contribution in [0.5, 0.6) is 5.75 Å². The molecule has 0 aromatic heterocycles. The minimum atomic E-state index is -8.67. The molecule has 0 radical (unpaired) electrons. The average Bonchev–Trinajstić information content (AvgIpc) is 2.77. The Balaban J connectivity index is 3.26. The molecule has 0 atom stereocenters. The Labute approximate surface area is 204 Å². The fourth-order valence-electron chi connectivity index (χ4n) is 2.44. The lowest BCUT2D eigenvalue weighted by Gasteiger charge is -2.42. The molecule has 2 nitrogen and oxygen atoms in total. The summed E-state index contributed by atoms with van der Waals surface area (Å²) in [7, 11) is 1.20. The molecular formula is C18H11F17O2S. The third-order valence-corrected chi connectivity index (χ3v) is 5.67. The van der Waals surface area contributed by atoms with Crippen LogP contribution in [0.2, 0.25) is 0 Å². The van der Waals surface area contributed by atoms with E-state index in [2.05, 4.69) is 0 Å².